The predicted molar refractivity (Wildman–Crippen MR) is 110 cm³/mol. The van der Waals surface area contributed by atoms with Crippen LogP contribution < -0.4 is 10.2 Å². The molecule has 4 rings (SSSR count). The molecule has 1 aromatic carbocycles. The third-order valence-electron chi connectivity index (χ3n) is 5.26. The second-order valence-corrected chi connectivity index (χ2v) is 7.21. The molecule has 0 bridgehead atoms. The molecule has 2 aliphatic rings. The molecule has 0 spiro atoms. The summed E-state index contributed by atoms with van der Waals surface area (Å²) >= 11 is 0. The minimum atomic E-state index is -0.0560. The Bertz CT molecular complexity index is 750. The first-order valence-electron chi connectivity index (χ1n) is 9.89. The van der Waals surface area contributed by atoms with Gasteiger partial charge in [-0.05, 0) is 24.3 Å². The highest BCUT2D eigenvalue weighted by Gasteiger charge is 2.27. The maximum Gasteiger partial charge on any atom is 0.322 e. The summed E-state index contributed by atoms with van der Waals surface area (Å²) in [5.41, 5.74) is 0.821. The lowest BCUT2D eigenvalue weighted by atomic mass is 10.2. The first-order valence-corrected chi connectivity index (χ1v) is 9.89. The zero-order chi connectivity index (χ0) is 19.2. The Hall–Kier alpha value is -2.64. The Balaban J connectivity index is 1.25. The van der Waals surface area contributed by atoms with Crippen LogP contribution in [0.15, 0.2) is 54.7 Å². The quantitative estimate of drug-likeness (QED) is 0.879. The summed E-state index contributed by atoms with van der Waals surface area (Å²) in [4.78, 5) is 23.6. The smallest absolute Gasteiger partial charge is 0.322 e. The van der Waals surface area contributed by atoms with Crippen molar-refractivity contribution in [1.29, 1.82) is 0 Å². The third kappa shape index (κ3) is 4.79. The van der Waals surface area contributed by atoms with Crippen molar-refractivity contribution < 1.29 is 9.53 Å². The fourth-order valence-corrected chi connectivity index (χ4v) is 3.73. The van der Waals surface area contributed by atoms with Gasteiger partial charge in [0, 0.05) is 57.7 Å². The molecule has 148 valence electrons. The molecule has 0 aliphatic carbocycles. The Morgan fingerprint density at radius 1 is 1.04 bits per heavy atom. The number of piperazine rings is 1. The molecular formula is C21H27N5O2. The first-order chi connectivity index (χ1) is 13.8. The summed E-state index contributed by atoms with van der Waals surface area (Å²) in [5, 5.41) is 2.96. The average Bonchev–Trinajstić information content (AvgIpc) is 2.76. The number of ether oxygens (including phenoxy) is 1. The van der Waals surface area contributed by atoms with Crippen LogP contribution in [0.1, 0.15) is 0 Å². The van der Waals surface area contributed by atoms with Crippen molar-refractivity contribution in [1.82, 2.24) is 14.8 Å². The number of hydrogen-bond acceptors (Lipinski definition) is 5. The van der Waals surface area contributed by atoms with Crippen LogP contribution in [-0.2, 0) is 4.74 Å². The molecule has 7 nitrogen and oxygen atoms in total. The van der Waals surface area contributed by atoms with Crippen LogP contribution in [0.5, 0.6) is 0 Å². The molecule has 2 fully saturated rings. The van der Waals surface area contributed by atoms with E-state index in [4.69, 9.17) is 4.74 Å². The van der Waals surface area contributed by atoms with Gasteiger partial charge in [0.1, 0.15) is 5.82 Å². The molecule has 0 radical (unpaired) electrons. The Labute approximate surface area is 165 Å². The third-order valence-corrected chi connectivity index (χ3v) is 5.26. The molecule has 1 atom stereocenters. The van der Waals surface area contributed by atoms with Gasteiger partial charge in [-0.1, -0.05) is 24.3 Å². The molecule has 0 saturated carbocycles. The lowest BCUT2D eigenvalue weighted by Gasteiger charge is -2.39. The molecule has 2 aliphatic heterocycles. The van der Waals surface area contributed by atoms with Gasteiger partial charge in [-0.3, -0.25) is 4.90 Å². The van der Waals surface area contributed by atoms with E-state index in [1.165, 1.54) is 0 Å². The molecule has 2 saturated heterocycles. The standard InChI is InChI=1S/C21H27N5O2/c27-21(23-18-6-2-1-3-7-18)26-14-15-28-19(17-26)16-24-10-12-25(13-11-24)20-8-4-5-9-22-20/h1-9,19H,10-17H2,(H,23,27)/t19-/m0/s1. The van der Waals surface area contributed by atoms with Crippen molar-refractivity contribution in [2.75, 3.05) is 62.6 Å². The highest BCUT2D eigenvalue weighted by atomic mass is 16.5. The lowest BCUT2D eigenvalue weighted by molar-refractivity contribution is -0.0295. The second-order valence-electron chi connectivity index (χ2n) is 7.21. The van der Waals surface area contributed by atoms with Crippen molar-refractivity contribution in [3.63, 3.8) is 0 Å². The van der Waals surface area contributed by atoms with Crippen LogP contribution in [0.25, 0.3) is 0 Å². The van der Waals surface area contributed by atoms with Crippen LogP contribution in [0.3, 0.4) is 0 Å². The van der Waals surface area contributed by atoms with E-state index in [9.17, 15) is 4.79 Å². The van der Waals surface area contributed by atoms with Crippen LogP contribution >= 0.6 is 0 Å². The summed E-state index contributed by atoms with van der Waals surface area (Å²) < 4.78 is 5.93. The Kier molecular flexibility index (Phi) is 6.04. The van der Waals surface area contributed by atoms with E-state index in [1.807, 2.05) is 53.6 Å². The highest BCUT2D eigenvalue weighted by Crippen LogP contribution is 2.15. The van der Waals surface area contributed by atoms with Crippen molar-refractivity contribution >= 4 is 17.5 Å². The summed E-state index contributed by atoms with van der Waals surface area (Å²) in [5.74, 6) is 1.04. The number of para-hydroxylation sites is 1. The largest absolute Gasteiger partial charge is 0.373 e. The first kappa shape index (κ1) is 18.7. The molecule has 7 heteroatoms. The van der Waals surface area contributed by atoms with Crippen LogP contribution in [0, 0.1) is 0 Å². The molecule has 2 aromatic rings. The normalized spacial score (nSPS) is 20.8. The number of nitrogens with one attached hydrogen (secondary N) is 1. The van der Waals surface area contributed by atoms with E-state index in [2.05, 4.69) is 26.2 Å². The van der Waals surface area contributed by atoms with Gasteiger partial charge in [0.15, 0.2) is 0 Å². The van der Waals surface area contributed by atoms with Crippen molar-refractivity contribution in [2.45, 2.75) is 6.10 Å². The maximum atomic E-state index is 12.5. The number of urea groups is 1. The number of rotatable bonds is 4. The number of hydrogen-bond donors (Lipinski definition) is 1. The lowest BCUT2D eigenvalue weighted by Crippen LogP contribution is -2.54. The fourth-order valence-electron chi connectivity index (χ4n) is 3.73. The van der Waals surface area contributed by atoms with Gasteiger partial charge in [0.2, 0.25) is 0 Å². The molecule has 2 amide bonds. The summed E-state index contributed by atoms with van der Waals surface area (Å²) in [7, 11) is 0. The SMILES string of the molecule is O=C(Nc1ccccc1)N1CCO[C@@H](CN2CCN(c3ccccn3)CC2)C1. The Morgan fingerprint density at radius 3 is 2.57 bits per heavy atom. The predicted octanol–water partition coefficient (Wildman–Crippen LogP) is 2.14. The number of aromatic nitrogens is 1. The minimum Gasteiger partial charge on any atom is -0.373 e. The summed E-state index contributed by atoms with van der Waals surface area (Å²) in [6, 6.07) is 15.6. The van der Waals surface area contributed by atoms with Gasteiger partial charge >= 0.3 is 6.03 Å². The van der Waals surface area contributed by atoms with Crippen LogP contribution in [-0.4, -0.2) is 79.3 Å². The topological polar surface area (TPSA) is 60.9 Å². The van der Waals surface area contributed by atoms with E-state index in [0.29, 0.717) is 19.7 Å². The minimum absolute atomic E-state index is 0.0525. The number of pyridine rings is 1. The number of nitrogens with zero attached hydrogens (tertiary/aromatic N) is 4. The van der Waals surface area contributed by atoms with Crippen LogP contribution in [0.2, 0.25) is 0 Å². The molecular weight excluding hydrogens is 354 g/mol. The number of carbonyl (C=O) groups is 1. The summed E-state index contributed by atoms with van der Waals surface area (Å²) in [6.07, 6.45) is 1.89. The molecule has 28 heavy (non-hydrogen) atoms. The summed E-state index contributed by atoms with van der Waals surface area (Å²) in [6.45, 7) is 6.57. The van der Waals surface area contributed by atoms with Gasteiger partial charge in [-0.15, -0.1) is 0 Å². The molecule has 1 N–H and O–H groups in total. The van der Waals surface area contributed by atoms with Crippen LogP contribution in [0.4, 0.5) is 16.3 Å². The maximum absolute atomic E-state index is 12.5. The second kappa shape index (κ2) is 9.03. The zero-order valence-corrected chi connectivity index (χ0v) is 16.0. The molecule has 1 aromatic heterocycles. The zero-order valence-electron chi connectivity index (χ0n) is 16.0. The van der Waals surface area contributed by atoms with E-state index in [0.717, 1.165) is 44.2 Å². The monoisotopic (exact) mass is 381 g/mol. The molecule has 0 unspecified atom stereocenters. The number of carbonyl (C=O) groups excluding carboxylic acids is 1. The number of anilines is 2. The van der Waals surface area contributed by atoms with Gasteiger partial charge < -0.3 is 19.9 Å². The van der Waals surface area contributed by atoms with E-state index in [1.54, 1.807) is 0 Å². The number of morpholine rings is 1. The van der Waals surface area contributed by atoms with Gasteiger partial charge in [0.05, 0.1) is 12.7 Å². The van der Waals surface area contributed by atoms with Crippen molar-refractivity contribution in [2.24, 2.45) is 0 Å². The fraction of sp³-hybridized carbons (Fsp3) is 0.429. The number of amides is 2. The average molecular weight is 381 g/mol. The highest BCUT2D eigenvalue weighted by molar-refractivity contribution is 5.89. The number of benzene rings is 1. The van der Waals surface area contributed by atoms with Gasteiger partial charge in [0.25, 0.3) is 0 Å². The van der Waals surface area contributed by atoms with E-state index >= 15 is 0 Å². The molecule has 3 heterocycles. The van der Waals surface area contributed by atoms with Gasteiger partial charge in [-0.25, -0.2) is 9.78 Å². The van der Waals surface area contributed by atoms with Crippen molar-refractivity contribution in [3.05, 3.63) is 54.7 Å². The van der Waals surface area contributed by atoms with Crippen molar-refractivity contribution in [3.8, 4) is 0 Å². The van der Waals surface area contributed by atoms with Gasteiger partial charge in [-0.2, -0.15) is 0 Å². The van der Waals surface area contributed by atoms with E-state index < -0.39 is 0 Å². The van der Waals surface area contributed by atoms with E-state index in [-0.39, 0.29) is 12.1 Å². The Morgan fingerprint density at radius 2 is 1.82 bits per heavy atom.